The van der Waals surface area contributed by atoms with Crippen molar-refractivity contribution >= 4 is 17.3 Å². The fourth-order valence-electron chi connectivity index (χ4n) is 3.72. The first-order valence-electron chi connectivity index (χ1n) is 10.3. The van der Waals surface area contributed by atoms with Gasteiger partial charge in [-0.15, -0.1) is 11.3 Å². The van der Waals surface area contributed by atoms with Crippen molar-refractivity contribution in [3.63, 3.8) is 0 Å². The molecule has 0 radical (unpaired) electrons. The molecule has 7 heteroatoms. The molecule has 1 atom stereocenters. The molecular formula is C20H37N5OS. The molecule has 0 aliphatic carbocycles. The SMILES string of the molecule is CCC(CC)C(CNC(=NC)NCCCc1nc(C)cs1)N1CCOCC1. The summed E-state index contributed by atoms with van der Waals surface area (Å²) in [6, 6.07) is 0.528. The molecule has 0 spiro atoms. The van der Waals surface area contributed by atoms with Crippen LogP contribution < -0.4 is 10.6 Å². The molecule has 6 nitrogen and oxygen atoms in total. The van der Waals surface area contributed by atoms with Crippen molar-refractivity contribution in [2.45, 2.75) is 52.5 Å². The van der Waals surface area contributed by atoms with Gasteiger partial charge in [-0.2, -0.15) is 0 Å². The second-order valence-corrected chi connectivity index (χ2v) is 8.10. The highest BCUT2D eigenvalue weighted by atomic mass is 32.1. The van der Waals surface area contributed by atoms with Crippen LogP contribution in [0.2, 0.25) is 0 Å². The molecule has 27 heavy (non-hydrogen) atoms. The Hall–Kier alpha value is -1.18. The molecule has 1 aliphatic heterocycles. The second kappa shape index (κ2) is 12.3. The number of ether oxygens (including phenoxy) is 1. The Morgan fingerprint density at radius 1 is 1.30 bits per heavy atom. The highest BCUT2D eigenvalue weighted by Gasteiger charge is 2.26. The van der Waals surface area contributed by atoms with Gasteiger partial charge in [-0.25, -0.2) is 4.98 Å². The van der Waals surface area contributed by atoms with Gasteiger partial charge in [0.1, 0.15) is 0 Å². The highest BCUT2D eigenvalue weighted by Crippen LogP contribution is 2.19. The first-order chi connectivity index (χ1) is 13.2. The normalized spacial score (nSPS) is 17.3. The Morgan fingerprint density at radius 2 is 2.04 bits per heavy atom. The number of rotatable bonds is 10. The minimum atomic E-state index is 0.528. The van der Waals surface area contributed by atoms with Crippen molar-refractivity contribution in [3.05, 3.63) is 16.1 Å². The third-order valence-electron chi connectivity index (χ3n) is 5.34. The van der Waals surface area contributed by atoms with Crippen LogP contribution in [0.5, 0.6) is 0 Å². The van der Waals surface area contributed by atoms with Crippen LogP contribution in [0.3, 0.4) is 0 Å². The third kappa shape index (κ3) is 7.39. The summed E-state index contributed by atoms with van der Waals surface area (Å²) in [6.07, 6.45) is 4.50. The van der Waals surface area contributed by atoms with Gasteiger partial charge in [0.2, 0.25) is 0 Å². The molecule has 1 aliphatic rings. The number of aryl methyl sites for hydroxylation is 2. The monoisotopic (exact) mass is 395 g/mol. The molecule has 154 valence electrons. The van der Waals surface area contributed by atoms with Crippen molar-refractivity contribution in [3.8, 4) is 0 Å². The van der Waals surface area contributed by atoms with E-state index < -0.39 is 0 Å². The summed E-state index contributed by atoms with van der Waals surface area (Å²) >= 11 is 1.75. The van der Waals surface area contributed by atoms with Crippen molar-refractivity contribution in [2.75, 3.05) is 46.4 Å². The van der Waals surface area contributed by atoms with Gasteiger partial charge < -0.3 is 15.4 Å². The molecule has 1 saturated heterocycles. The molecule has 2 rings (SSSR count). The quantitative estimate of drug-likeness (QED) is 0.362. The molecule has 0 aromatic carbocycles. The van der Waals surface area contributed by atoms with Gasteiger partial charge in [-0.1, -0.05) is 26.7 Å². The van der Waals surface area contributed by atoms with Gasteiger partial charge in [0.15, 0.2) is 5.96 Å². The molecular weight excluding hydrogens is 358 g/mol. The number of aliphatic imine (C=N–C) groups is 1. The van der Waals surface area contributed by atoms with E-state index >= 15 is 0 Å². The van der Waals surface area contributed by atoms with Crippen molar-refractivity contribution < 1.29 is 4.74 Å². The summed E-state index contributed by atoms with van der Waals surface area (Å²) in [7, 11) is 1.85. The minimum absolute atomic E-state index is 0.528. The van der Waals surface area contributed by atoms with E-state index in [4.69, 9.17) is 4.74 Å². The average Bonchev–Trinajstić information content (AvgIpc) is 3.12. The lowest BCUT2D eigenvalue weighted by Crippen LogP contribution is -2.53. The van der Waals surface area contributed by atoms with Gasteiger partial charge in [0, 0.05) is 56.8 Å². The maximum atomic E-state index is 5.54. The lowest BCUT2D eigenvalue weighted by molar-refractivity contribution is 0.00272. The molecule has 0 bridgehead atoms. The van der Waals surface area contributed by atoms with E-state index in [0.717, 1.165) is 63.9 Å². The summed E-state index contributed by atoms with van der Waals surface area (Å²) < 4.78 is 5.54. The lowest BCUT2D eigenvalue weighted by Gasteiger charge is -2.39. The van der Waals surface area contributed by atoms with Crippen LogP contribution in [-0.2, 0) is 11.2 Å². The van der Waals surface area contributed by atoms with E-state index in [0.29, 0.717) is 12.0 Å². The highest BCUT2D eigenvalue weighted by molar-refractivity contribution is 7.09. The van der Waals surface area contributed by atoms with E-state index in [2.05, 4.69) is 51.7 Å². The molecule has 1 aromatic rings. The van der Waals surface area contributed by atoms with Gasteiger partial charge in [-0.3, -0.25) is 9.89 Å². The minimum Gasteiger partial charge on any atom is -0.379 e. The van der Waals surface area contributed by atoms with E-state index in [1.165, 1.54) is 17.8 Å². The predicted octanol–water partition coefficient (Wildman–Crippen LogP) is 2.69. The van der Waals surface area contributed by atoms with Gasteiger partial charge >= 0.3 is 0 Å². The average molecular weight is 396 g/mol. The Kier molecular flexibility index (Phi) is 10.1. The van der Waals surface area contributed by atoms with Crippen molar-refractivity contribution in [2.24, 2.45) is 10.9 Å². The number of aromatic nitrogens is 1. The number of morpholine rings is 1. The maximum Gasteiger partial charge on any atom is 0.191 e. The summed E-state index contributed by atoms with van der Waals surface area (Å²) in [4.78, 5) is 11.5. The van der Waals surface area contributed by atoms with Gasteiger partial charge in [-0.05, 0) is 19.3 Å². The molecule has 1 aromatic heterocycles. The van der Waals surface area contributed by atoms with E-state index in [1.807, 2.05) is 7.05 Å². The van der Waals surface area contributed by atoms with Crippen LogP contribution in [0.15, 0.2) is 10.4 Å². The van der Waals surface area contributed by atoms with Crippen molar-refractivity contribution in [1.29, 1.82) is 0 Å². The topological polar surface area (TPSA) is 61.8 Å². The summed E-state index contributed by atoms with van der Waals surface area (Å²) in [6.45, 7) is 12.2. The molecule has 1 unspecified atom stereocenters. The maximum absolute atomic E-state index is 5.54. The fraction of sp³-hybridized carbons (Fsp3) is 0.800. The molecule has 0 saturated carbocycles. The lowest BCUT2D eigenvalue weighted by atomic mass is 9.92. The van der Waals surface area contributed by atoms with Crippen molar-refractivity contribution in [1.82, 2.24) is 20.5 Å². The second-order valence-electron chi connectivity index (χ2n) is 7.16. The fourth-order valence-corrected chi connectivity index (χ4v) is 4.54. The zero-order chi connectivity index (χ0) is 19.5. The molecule has 2 N–H and O–H groups in total. The predicted molar refractivity (Wildman–Crippen MR) is 115 cm³/mol. The Labute approximate surface area is 168 Å². The number of hydrogen-bond acceptors (Lipinski definition) is 5. The first-order valence-corrected chi connectivity index (χ1v) is 11.2. The zero-order valence-corrected chi connectivity index (χ0v) is 18.3. The summed E-state index contributed by atoms with van der Waals surface area (Å²) in [5.74, 6) is 1.59. The summed E-state index contributed by atoms with van der Waals surface area (Å²) in [5.41, 5.74) is 1.12. The van der Waals surface area contributed by atoms with Crippen LogP contribution in [0.4, 0.5) is 0 Å². The van der Waals surface area contributed by atoms with Gasteiger partial charge in [0.25, 0.3) is 0 Å². The van der Waals surface area contributed by atoms with Crippen LogP contribution in [0, 0.1) is 12.8 Å². The molecule has 2 heterocycles. The summed E-state index contributed by atoms with van der Waals surface area (Å²) in [5, 5.41) is 10.4. The van der Waals surface area contributed by atoms with Crippen LogP contribution >= 0.6 is 11.3 Å². The standard InChI is InChI=1S/C20H37N5OS/c1-5-17(6-2)18(25-10-12-26-13-11-25)14-23-20(21-4)22-9-7-8-19-24-16(3)15-27-19/h15,17-18H,5-14H2,1-4H3,(H2,21,22,23). The molecule has 1 fully saturated rings. The Bertz CT molecular complexity index is 552. The Balaban J connectivity index is 1.78. The first kappa shape index (κ1) is 22.1. The number of thiazole rings is 1. The van der Waals surface area contributed by atoms with E-state index in [-0.39, 0.29) is 0 Å². The van der Waals surface area contributed by atoms with Crippen LogP contribution in [-0.4, -0.2) is 68.3 Å². The largest absolute Gasteiger partial charge is 0.379 e. The number of nitrogens with one attached hydrogen (secondary N) is 2. The number of nitrogens with zero attached hydrogens (tertiary/aromatic N) is 3. The van der Waals surface area contributed by atoms with Crippen LogP contribution in [0.1, 0.15) is 43.8 Å². The smallest absolute Gasteiger partial charge is 0.191 e. The van der Waals surface area contributed by atoms with Crippen LogP contribution in [0.25, 0.3) is 0 Å². The third-order valence-corrected chi connectivity index (χ3v) is 6.36. The molecule has 0 amide bonds. The zero-order valence-electron chi connectivity index (χ0n) is 17.5. The van der Waals surface area contributed by atoms with E-state index in [1.54, 1.807) is 11.3 Å². The Morgan fingerprint density at radius 3 is 2.63 bits per heavy atom. The number of guanidine groups is 1. The van der Waals surface area contributed by atoms with E-state index in [9.17, 15) is 0 Å². The van der Waals surface area contributed by atoms with Gasteiger partial charge in [0.05, 0.1) is 18.2 Å². The number of hydrogen-bond donors (Lipinski definition) is 2.